The number of H-pyrrole nitrogens is 1. The van der Waals surface area contributed by atoms with E-state index >= 15 is 0 Å². The van der Waals surface area contributed by atoms with E-state index in [1.807, 2.05) is 0 Å². The Kier molecular flexibility index (Phi) is 4.18. The van der Waals surface area contributed by atoms with E-state index in [2.05, 4.69) is 25.3 Å². The highest BCUT2D eigenvalue weighted by molar-refractivity contribution is 5.91. The summed E-state index contributed by atoms with van der Waals surface area (Å²) in [5.74, 6) is -2.12. The second-order valence-electron chi connectivity index (χ2n) is 7.85. The predicted octanol–water partition coefficient (Wildman–Crippen LogP) is 3.60. The lowest BCUT2D eigenvalue weighted by Gasteiger charge is -2.47. The number of aliphatic carboxylic acids is 1. The van der Waals surface area contributed by atoms with Crippen molar-refractivity contribution in [2.45, 2.75) is 31.7 Å². The van der Waals surface area contributed by atoms with E-state index in [1.165, 1.54) is 6.07 Å². The molecule has 3 aliphatic rings. The predicted molar refractivity (Wildman–Crippen MR) is 101 cm³/mol. The molecule has 0 aromatic carbocycles. The number of aromatic amines is 1. The van der Waals surface area contributed by atoms with Gasteiger partial charge in [0.25, 0.3) is 0 Å². The van der Waals surface area contributed by atoms with E-state index in [0.29, 0.717) is 16.6 Å². The zero-order valence-corrected chi connectivity index (χ0v) is 15.4. The van der Waals surface area contributed by atoms with Crippen molar-refractivity contribution in [1.29, 1.82) is 0 Å². The standard InChI is InChI=1S/C20H19F2N5O2/c21-11-5-12-13(7-24-17(12)23-6-11)18-25-8-14(22)19(27-18)26-16-10-3-1-9(2-4-10)15(16)20(28)29/h5-10,15-16H,1-4H2,(H,23,24)(H,28,29)(H,25,26,27)/t9?,10?,15-,16?/m0/s1. The number of carbonyl (C=O) groups is 1. The van der Waals surface area contributed by atoms with Gasteiger partial charge < -0.3 is 15.4 Å². The maximum atomic E-state index is 14.5. The molecule has 7 nitrogen and oxygen atoms in total. The molecule has 9 heteroatoms. The molecule has 0 saturated heterocycles. The molecule has 0 spiro atoms. The van der Waals surface area contributed by atoms with Crippen molar-refractivity contribution in [3.63, 3.8) is 0 Å². The summed E-state index contributed by atoms with van der Waals surface area (Å²) in [6, 6.07) is 0.938. The number of fused-ring (bicyclic) bond motifs is 4. The lowest BCUT2D eigenvalue weighted by molar-refractivity contribution is -0.148. The smallest absolute Gasteiger partial charge is 0.308 e. The van der Waals surface area contributed by atoms with E-state index in [0.717, 1.165) is 38.1 Å². The van der Waals surface area contributed by atoms with Crippen LogP contribution in [0.2, 0.25) is 0 Å². The van der Waals surface area contributed by atoms with Crippen LogP contribution < -0.4 is 5.32 Å². The van der Waals surface area contributed by atoms with Gasteiger partial charge in [-0.05, 0) is 43.6 Å². The lowest BCUT2D eigenvalue weighted by atomic mass is 9.61. The molecule has 3 aliphatic carbocycles. The molecule has 0 radical (unpaired) electrons. The van der Waals surface area contributed by atoms with E-state index < -0.39 is 23.5 Å². The second-order valence-corrected chi connectivity index (χ2v) is 7.85. The van der Waals surface area contributed by atoms with Gasteiger partial charge >= 0.3 is 5.97 Å². The highest BCUT2D eigenvalue weighted by Crippen LogP contribution is 2.46. The summed E-state index contributed by atoms with van der Waals surface area (Å²) in [6.07, 6.45) is 7.39. The summed E-state index contributed by atoms with van der Waals surface area (Å²) >= 11 is 0. The first kappa shape index (κ1) is 18.0. The molecule has 0 amide bonds. The molecule has 3 aromatic heterocycles. The van der Waals surface area contributed by atoms with Crippen LogP contribution in [0.25, 0.3) is 22.4 Å². The molecule has 6 rings (SSSR count). The summed E-state index contributed by atoms with van der Waals surface area (Å²) in [4.78, 5) is 27.1. The van der Waals surface area contributed by atoms with Crippen LogP contribution in [0.5, 0.6) is 0 Å². The van der Waals surface area contributed by atoms with Crippen LogP contribution in [-0.2, 0) is 4.79 Å². The Morgan fingerprint density at radius 1 is 1.14 bits per heavy atom. The van der Waals surface area contributed by atoms with Crippen molar-refractivity contribution in [3.05, 3.63) is 36.3 Å². The fraction of sp³-hybridized carbons (Fsp3) is 0.400. The third-order valence-electron chi connectivity index (χ3n) is 6.29. The molecule has 3 saturated carbocycles. The van der Waals surface area contributed by atoms with Crippen molar-refractivity contribution in [1.82, 2.24) is 19.9 Å². The zero-order valence-electron chi connectivity index (χ0n) is 15.4. The first-order valence-electron chi connectivity index (χ1n) is 9.66. The second kappa shape index (κ2) is 6.75. The summed E-state index contributed by atoms with van der Waals surface area (Å²) in [7, 11) is 0. The van der Waals surface area contributed by atoms with Crippen LogP contribution in [-0.4, -0.2) is 37.1 Å². The highest BCUT2D eigenvalue weighted by Gasteiger charge is 2.47. The van der Waals surface area contributed by atoms with Crippen molar-refractivity contribution in [3.8, 4) is 11.4 Å². The number of nitrogens with zero attached hydrogens (tertiary/aromatic N) is 3. The minimum atomic E-state index is -0.857. The Labute approximate surface area is 164 Å². The van der Waals surface area contributed by atoms with Gasteiger partial charge in [-0.2, -0.15) is 0 Å². The van der Waals surface area contributed by atoms with Crippen molar-refractivity contribution in [2.24, 2.45) is 17.8 Å². The number of nitrogens with one attached hydrogen (secondary N) is 2. The van der Waals surface area contributed by atoms with Crippen LogP contribution in [0.4, 0.5) is 14.6 Å². The van der Waals surface area contributed by atoms with Crippen LogP contribution in [0.1, 0.15) is 25.7 Å². The molecule has 2 bridgehead atoms. The molecule has 1 unspecified atom stereocenters. The number of pyridine rings is 1. The molecule has 150 valence electrons. The van der Waals surface area contributed by atoms with Crippen LogP contribution in [0.3, 0.4) is 0 Å². The average Bonchev–Trinajstić information content (AvgIpc) is 3.13. The maximum Gasteiger partial charge on any atom is 0.308 e. The van der Waals surface area contributed by atoms with Gasteiger partial charge in [0.1, 0.15) is 11.5 Å². The number of carboxylic acid groups (broad SMARTS) is 1. The minimum Gasteiger partial charge on any atom is -0.481 e. The number of aromatic nitrogens is 4. The van der Waals surface area contributed by atoms with Gasteiger partial charge in [0.05, 0.1) is 18.3 Å². The maximum absolute atomic E-state index is 14.5. The quantitative estimate of drug-likeness (QED) is 0.619. The van der Waals surface area contributed by atoms with E-state index in [-0.39, 0.29) is 29.5 Å². The Hall–Kier alpha value is -3.10. The number of anilines is 1. The average molecular weight is 399 g/mol. The molecule has 3 heterocycles. The Balaban J connectivity index is 1.51. The normalized spacial score (nSPS) is 26.0. The van der Waals surface area contributed by atoms with Crippen LogP contribution in [0, 0.1) is 29.4 Å². The van der Waals surface area contributed by atoms with Gasteiger partial charge in [0, 0.05) is 23.2 Å². The summed E-state index contributed by atoms with van der Waals surface area (Å²) in [6.45, 7) is 0. The SMILES string of the molecule is O=C(O)[C@H]1C2CCC(CC2)C1Nc1nc(-c2c[nH]c3ncc(F)cc23)ncc1F. The number of halogens is 2. The molecule has 0 aliphatic heterocycles. The molecule has 3 N–H and O–H groups in total. The molecule has 2 atom stereocenters. The topological polar surface area (TPSA) is 104 Å². The third kappa shape index (κ3) is 3.01. The molecule has 3 fully saturated rings. The summed E-state index contributed by atoms with van der Waals surface area (Å²) in [5.41, 5.74) is 0.967. The van der Waals surface area contributed by atoms with Gasteiger partial charge in [-0.3, -0.25) is 4.79 Å². The number of hydrogen-bond donors (Lipinski definition) is 3. The van der Waals surface area contributed by atoms with Gasteiger partial charge in [-0.25, -0.2) is 23.7 Å². The van der Waals surface area contributed by atoms with Crippen LogP contribution in [0.15, 0.2) is 24.7 Å². The van der Waals surface area contributed by atoms with Gasteiger partial charge in [-0.1, -0.05) is 0 Å². The lowest BCUT2D eigenvalue weighted by Crippen LogP contribution is -2.51. The molecule has 3 aromatic rings. The fourth-order valence-corrected chi connectivity index (χ4v) is 4.93. The van der Waals surface area contributed by atoms with Gasteiger partial charge in [-0.15, -0.1) is 0 Å². The number of carboxylic acids is 1. The zero-order chi connectivity index (χ0) is 20.1. The van der Waals surface area contributed by atoms with Crippen molar-refractivity contribution in [2.75, 3.05) is 5.32 Å². The molecular formula is C20H19F2N5O2. The van der Waals surface area contributed by atoms with Gasteiger partial charge in [0.2, 0.25) is 0 Å². The Morgan fingerprint density at radius 3 is 2.66 bits per heavy atom. The fourth-order valence-electron chi connectivity index (χ4n) is 4.93. The van der Waals surface area contributed by atoms with Crippen molar-refractivity contribution >= 4 is 22.8 Å². The minimum absolute atomic E-state index is 0.0301. The third-order valence-corrected chi connectivity index (χ3v) is 6.29. The first-order valence-corrected chi connectivity index (χ1v) is 9.66. The van der Waals surface area contributed by atoms with Crippen LogP contribution >= 0.6 is 0 Å². The Morgan fingerprint density at radius 2 is 1.90 bits per heavy atom. The number of hydrogen-bond acceptors (Lipinski definition) is 5. The molecule has 29 heavy (non-hydrogen) atoms. The van der Waals surface area contributed by atoms with E-state index in [4.69, 9.17) is 0 Å². The number of rotatable bonds is 4. The van der Waals surface area contributed by atoms with E-state index in [1.54, 1.807) is 6.20 Å². The summed E-state index contributed by atoms with van der Waals surface area (Å²) in [5, 5.41) is 13.3. The largest absolute Gasteiger partial charge is 0.481 e. The first-order chi connectivity index (χ1) is 14.0. The molecular weight excluding hydrogens is 380 g/mol. The van der Waals surface area contributed by atoms with E-state index in [9.17, 15) is 18.7 Å². The monoisotopic (exact) mass is 399 g/mol. The summed E-state index contributed by atoms with van der Waals surface area (Å²) < 4.78 is 28.1. The highest BCUT2D eigenvalue weighted by atomic mass is 19.1. The van der Waals surface area contributed by atoms with Gasteiger partial charge in [0.15, 0.2) is 17.5 Å². The van der Waals surface area contributed by atoms with Crippen molar-refractivity contribution < 1.29 is 18.7 Å². The Bertz CT molecular complexity index is 1090.